The molecule has 0 saturated heterocycles. The first-order valence-electron chi connectivity index (χ1n) is 7.38. The predicted octanol–water partition coefficient (Wildman–Crippen LogP) is 2.97. The first-order valence-corrected chi connectivity index (χ1v) is 7.38. The summed E-state index contributed by atoms with van der Waals surface area (Å²) in [6.45, 7) is 7.76. The molecule has 4 rings (SSSR count). The molecule has 4 bridgehead atoms. The molecule has 104 valence electrons. The Bertz CT molecular complexity index is 498. The van der Waals surface area contributed by atoms with E-state index in [1.165, 1.54) is 44.3 Å². The second kappa shape index (κ2) is 7.24. The molecule has 19 heavy (non-hydrogen) atoms. The number of benzene rings is 1. The van der Waals surface area contributed by atoms with Gasteiger partial charge < -0.3 is 5.32 Å². The number of fused-ring (bicyclic) bond motifs is 1. The van der Waals surface area contributed by atoms with E-state index in [1.807, 2.05) is 4.68 Å². The van der Waals surface area contributed by atoms with Crippen molar-refractivity contribution >= 4 is 11.0 Å². The molecular formula is C15H24N4. The van der Waals surface area contributed by atoms with Crippen LogP contribution in [0.4, 0.5) is 0 Å². The van der Waals surface area contributed by atoms with E-state index in [1.54, 1.807) is 0 Å². The van der Waals surface area contributed by atoms with E-state index in [2.05, 4.69) is 47.7 Å². The van der Waals surface area contributed by atoms with Crippen molar-refractivity contribution in [3.8, 4) is 0 Å². The molecule has 1 N–H and O–H groups in total. The molecule has 3 heterocycles. The zero-order chi connectivity index (χ0) is 13.5. The average molecular weight is 260 g/mol. The molecule has 0 spiro atoms. The van der Waals surface area contributed by atoms with Gasteiger partial charge in [-0.2, -0.15) is 0 Å². The van der Waals surface area contributed by atoms with Crippen molar-refractivity contribution in [3.05, 3.63) is 23.8 Å². The largest absolute Gasteiger partial charge is 0.317 e. The summed E-state index contributed by atoms with van der Waals surface area (Å²) in [7, 11) is 0. The van der Waals surface area contributed by atoms with E-state index in [-0.39, 0.29) is 0 Å². The van der Waals surface area contributed by atoms with Crippen LogP contribution in [0.1, 0.15) is 45.1 Å². The second-order valence-electron chi connectivity index (χ2n) is 5.03. The summed E-state index contributed by atoms with van der Waals surface area (Å²) >= 11 is 0. The lowest BCUT2D eigenvalue weighted by Crippen LogP contribution is -2.15. The van der Waals surface area contributed by atoms with Crippen molar-refractivity contribution < 1.29 is 0 Å². The van der Waals surface area contributed by atoms with Crippen LogP contribution in [0.3, 0.4) is 0 Å². The van der Waals surface area contributed by atoms with Gasteiger partial charge in [-0.25, -0.2) is 4.68 Å². The van der Waals surface area contributed by atoms with Gasteiger partial charge >= 0.3 is 0 Å². The van der Waals surface area contributed by atoms with Crippen LogP contribution in [0.5, 0.6) is 0 Å². The molecule has 0 atom stereocenters. The minimum Gasteiger partial charge on any atom is -0.317 e. The maximum Gasteiger partial charge on any atom is 0.113 e. The lowest BCUT2D eigenvalue weighted by molar-refractivity contribution is 0.611. The molecular weight excluding hydrogens is 236 g/mol. The number of rotatable bonds is 6. The third-order valence-corrected chi connectivity index (χ3v) is 3.32. The number of hydrogen-bond acceptors (Lipinski definition) is 3. The van der Waals surface area contributed by atoms with Crippen molar-refractivity contribution in [2.24, 2.45) is 0 Å². The number of aromatic nitrogens is 3. The molecule has 0 saturated carbocycles. The van der Waals surface area contributed by atoms with Crippen molar-refractivity contribution in [2.75, 3.05) is 13.1 Å². The first kappa shape index (κ1) is 14.0. The normalized spacial score (nSPS) is 11.9. The summed E-state index contributed by atoms with van der Waals surface area (Å²) in [5.41, 5.74) is 3.47. The summed E-state index contributed by atoms with van der Waals surface area (Å²) in [6.07, 6.45) is 5.26. The van der Waals surface area contributed by atoms with Gasteiger partial charge in [0.1, 0.15) is 5.52 Å². The standard InChI is InChI=1S/C8H19N.C7H5N3/c1-3-5-7-9-8-6-4-2;1-2-7-6-3-5(1)4-10(7)9-8-6/h9H,3-8H2,1-2H3;1-3H,4H2. The molecule has 2 aromatic rings. The van der Waals surface area contributed by atoms with E-state index >= 15 is 0 Å². The van der Waals surface area contributed by atoms with Gasteiger partial charge in [0.15, 0.2) is 0 Å². The average Bonchev–Trinajstić information content (AvgIpc) is 2.75. The van der Waals surface area contributed by atoms with Crippen LogP contribution in [-0.2, 0) is 6.54 Å². The van der Waals surface area contributed by atoms with Gasteiger partial charge in [-0.05, 0) is 43.6 Å². The quantitative estimate of drug-likeness (QED) is 0.693. The number of nitrogens with one attached hydrogen (secondary N) is 1. The minimum atomic E-state index is 0.902. The molecule has 1 aromatic carbocycles. The van der Waals surface area contributed by atoms with Gasteiger partial charge in [-0.3, -0.25) is 0 Å². The van der Waals surface area contributed by atoms with Gasteiger partial charge in [0.25, 0.3) is 0 Å². The smallest absolute Gasteiger partial charge is 0.113 e. The third kappa shape index (κ3) is 3.77. The lowest BCUT2D eigenvalue weighted by atomic mass is 10.1. The highest BCUT2D eigenvalue weighted by molar-refractivity contribution is 5.76. The fourth-order valence-corrected chi connectivity index (χ4v) is 2.13. The lowest BCUT2D eigenvalue weighted by Gasteiger charge is -2.07. The Balaban J connectivity index is 0.000000142. The Kier molecular flexibility index (Phi) is 5.33. The second-order valence-corrected chi connectivity index (χ2v) is 5.03. The van der Waals surface area contributed by atoms with Crippen molar-refractivity contribution in [3.63, 3.8) is 0 Å². The molecule has 0 amide bonds. The summed E-state index contributed by atoms with van der Waals surface area (Å²) in [5, 5.41) is 11.3. The molecule has 0 aliphatic carbocycles. The highest BCUT2D eigenvalue weighted by Crippen LogP contribution is 2.20. The van der Waals surface area contributed by atoms with Gasteiger partial charge in [0.2, 0.25) is 0 Å². The Hall–Kier alpha value is -1.42. The predicted molar refractivity (Wildman–Crippen MR) is 79.3 cm³/mol. The van der Waals surface area contributed by atoms with E-state index in [0.29, 0.717) is 0 Å². The highest BCUT2D eigenvalue weighted by Gasteiger charge is 2.11. The van der Waals surface area contributed by atoms with Crippen LogP contribution in [0.2, 0.25) is 0 Å². The first-order chi connectivity index (χ1) is 9.35. The minimum absolute atomic E-state index is 0.902. The van der Waals surface area contributed by atoms with Gasteiger partial charge in [0.05, 0.1) is 12.1 Å². The van der Waals surface area contributed by atoms with Crippen molar-refractivity contribution in [1.82, 2.24) is 20.3 Å². The molecule has 4 heteroatoms. The molecule has 0 unspecified atom stereocenters. The highest BCUT2D eigenvalue weighted by atomic mass is 15.4. The molecule has 1 aromatic heterocycles. The van der Waals surface area contributed by atoms with Crippen molar-refractivity contribution in [2.45, 2.75) is 46.1 Å². The monoisotopic (exact) mass is 260 g/mol. The maximum absolute atomic E-state index is 3.98. The Labute approximate surface area is 115 Å². The van der Waals surface area contributed by atoms with Crippen LogP contribution < -0.4 is 5.32 Å². The van der Waals surface area contributed by atoms with Crippen LogP contribution in [0, 0.1) is 0 Å². The maximum atomic E-state index is 3.98. The fourth-order valence-electron chi connectivity index (χ4n) is 2.13. The van der Waals surface area contributed by atoms with E-state index in [9.17, 15) is 0 Å². The topological polar surface area (TPSA) is 42.7 Å². The fraction of sp³-hybridized carbons (Fsp3) is 0.600. The van der Waals surface area contributed by atoms with Gasteiger partial charge in [-0.1, -0.05) is 38.0 Å². The summed E-state index contributed by atoms with van der Waals surface area (Å²) in [6, 6.07) is 6.27. The summed E-state index contributed by atoms with van der Waals surface area (Å²) in [4.78, 5) is 0. The van der Waals surface area contributed by atoms with Crippen molar-refractivity contribution in [1.29, 1.82) is 0 Å². The Morgan fingerprint density at radius 3 is 2.42 bits per heavy atom. The van der Waals surface area contributed by atoms with Crippen LogP contribution in [0.15, 0.2) is 18.2 Å². The summed E-state index contributed by atoms with van der Waals surface area (Å²) in [5.74, 6) is 0. The summed E-state index contributed by atoms with van der Waals surface area (Å²) < 4.78 is 1.92. The molecule has 0 radical (unpaired) electrons. The zero-order valence-corrected chi connectivity index (χ0v) is 12.0. The van der Waals surface area contributed by atoms with Crippen LogP contribution in [0.25, 0.3) is 11.0 Å². The molecule has 2 aliphatic rings. The number of hydrogen-bond donors (Lipinski definition) is 1. The number of unbranched alkanes of at least 4 members (excludes halogenated alkanes) is 2. The van der Waals surface area contributed by atoms with Gasteiger partial charge in [0, 0.05) is 0 Å². The SMILES string of the molecule is CCCCNCCCC.c1cc2c3cc1Cn2nn3. The Morgan fingerprint density at radius 1 is 1.16 bits per heavy atom. The van der Waals surface area contributed by atoms with E-state index in [0.717, 1.165) is 17.6 Å². The third-order valence-electron chi connectivity index (χ3n) is 3.32. The van der Waals surface area contributed by atoms with Crippen LogP contribution >= 0.6 is 0 Å². The Morgan fingerprint density at radius 2 is 1.89 bits per heavy atom. The molecule has 2 aliphatic heterocycles. The zero-order valence-electron chi connectivity index (χ0n) is 12.0. The number of nitrogens with zero attached hydrogens (tertiary/aromatic N) is 3. The molecule has 0 fully saturated rings. The molecule has 4 nitrogen and oxygen atoms in total. The van der Waals surface area contributed by atoms with Crippen LogP contribution in [-0.4, -0.2) is 28.1 Å². The van der Waals surface area contributed by atoms with Gasteiger partial charge in [-0.15, -0.1) is 5.10 Å². The van der Waals surface area contributed by atoms with E-state index in [4.69, 9.17) is 0 Å². The van der Waals surface area contributed by atoms with E-state index < -0.39 is 0 Å².